The fourth-order valence-corrected chi connectivity index (χ4v) is 11.9. The Morgan fingerprint density at radius 3 is 2.42 bits per heavy atom. The first-order valence-corrected chi connectivity index (χ1v) is 21.3. The third kappa shape index (κ3) is 6.67. The van der Waals surface area contributed by atoms with E-state index in [0.717, 1.165) is 37.3 Å². The van der Waals surface area contributed by atoms with Crippen LogP contribution in [0.25, 0.3) is 10.9 Å². The topological polar surface area (TPSA) is 165 Å². The van der Waals surface area contributed by atoms with Gasteiger partial charge in [0, 0.05) is 49.8 Å². The van der Waals surface area contributed by atoms with Crippen LogP contribution in [0.5, 0.6) is 5.75 Å². The summed E-state index contributed by atoms with van der Waals surface area (Å²) >= 11 is 0. The summed E-state index contributed by atoms with van der Waals surface area (Å²) in [5, 5.41) is 23.9. The summed E-state index contributed by atoms with van der Waals surface area (Å²) < 4.78 is 35.0. The molecule has 5 aliphatic carbocycles. The number of methoxy groups -OCH3 is 1. The average molecular weight is 820 g/mol. The minimum atomic E-state index is -1.87. The molecule has 1 aliphatic heterocycles. The van der Waals surface area contributed by atoms with E-state index in [2.05, 4.69) is 6.92 Å². The fourth-order valence-electron chi connectivity index (χ4n) is 11.9. The largest absolute Gasteiger partial charge is 0.492 e. The van der Waals surface area contributed by atoms with Crippen molar-refractivity contribution in [3.05, 3.63) is 45.5 Å². The monoisotopic (exact) mass is 819 g/mol. The van der Waals surface area contributed by atoms with Gasteiger partial charge in [-0.15, -0.1) is 0 Å². The van der Waals surface area contributed by atoms with Crippen LogP contribution in [-0.2, 0) is 19.1 Å². The number of halogens is 1. The highest BCUT2D eigenvalue weighted by Gasteiger charge is 2.68. The predicted molar refractivity (Wildman–Crippen MR) is 216 cm³/mol. The van der Waals surface area contributed by atoms with Crippen molar-refractivity contribution >= 4 is 40.2 Å². The Morgan fingerprint density at radius 1 is 1.03 bits per heavy atom. The summed E-state index contributed by atoms with van der Waals surface area (Å²) in [5.74, 6) is -2.33. The number of anilines is 1. The molecule has 1 unspecified atom stereocenters. The quantitative estimate of drug-likeness (QED) is 0.320. The summed E-state index contributed by atoms with van der Waals surface area (Å²) in [6.07, 6.45) is 6.92. The van der Waals surface area contributed by atoms with Gasteiger partial charge in [0.2, 0.25) is 11.2 Å². The van der Waals surface area contributed by atoms with Crippen LogP contribution in [-0.4, -0.2) is 100 Å². The Kier molecular flexibility index (Phi) is 10.1. The number of allylic oxidation sites excluding steroid dienone is 1. The van der Waals surface area contributed by atoms with Crippen LogP contribution in [0, 0.1) is 34.4 Å². The molecular formula is C45H58FN3O10. The van der Waals surface area contributed by atoms with Gasteiger partial charge in [-0.05, 0) is 114 Å². The molecule has 1 amide bonds. The molecule has 5 fully saturated rings. The number of rotatable bonds is 7. The Morgan fingerprint density at radius 2 is 1.76 bits per heavy atom. The highest BCUT2D eigenvalue weighted by atomic mass is 19.1. The lowest BCUT2D eigenvalue weighted by Crippen LogP contribution is -2.62. The Labute approximate surface area is 343 Å². The van der Waals surface area contributed by atoms with E-state index in [1.807, 2.05) is 13.8 Å². The molecule has 1 saturated heterocycles. The maximum atomic E-state index is 16.3. The second kappa shape index (κ2) is 14.4. The zero-order chi connectivity index (χ0) is 42.6. The predicted octanol–water partition coefficient (Wildman–Crippen LogP) is 5.89. The Hall–Kier alpha value is -4.30. The number of esters is 1. The maximum Gasteiger partial charge on any atom is 0.410 e. The third-order valence-electron chi connectivity index (χ3n) is 15.0. The fraction of sp³-hybridized carbons (Fsp3) is 0.667. The lowest BCUT2D eigenvalue weighted by Gasteiger charge is -2.60. The number of ketones is 2. The first-order valence-electron chi connectivity index (χ1n) is 21.3. The van der Waals surface area contributed by atoms with E-state index in [1.165, 1.54) is 13.3 Å². The van der Waals surface area contributed by atoms with Gasteiger partial charge >= 0.3 is 12.1 Å². The second-order valence-electron chi connectivity index (χ2n) is 19.6. The molecule has 4 saturated carbocycles. The van der Waals surface area contributed by atoms with Crippen LogP contribution in [0.4, 0.5) is 14.9 Å². The molecular weight excluding hydrogens is 762 g/mol. The molecule has 8 rings (SSSR count). The molecule has 2 N–H and O–H groups in total. The van der Waals surface area contributed by atoms with E-state index >= 15 is 4.39 Å². The van der Waals surface area contributed by atoms with Crippen molar-refractivity contribution in [1.29, 1.82) is 0 Å². The van der Waals surface area contributed by atoms with Crippen LogP contribution in [0.15, 0.2) is 28.7 Å². The van der Waals surface area contributed by atoms with E-state index in [9.17, 15) is 34.2 Å². The van der Waals surface area contributed by atoms with Crippen LogP contribution in [0.3, 0.4) is 0 Å². The van der Waals surface area contributed by atoms with Crippen molar-refractivity contribution in [3.8, 4) is 5.75 Å². The number of carbonyl (C=O) groups is 4. The van der Waals surface area contributed by atoms with Crippen molar-refractivity contribution in [1.82, 2.24) is 9.47 Å². The molecule has 2 heterocycles. The van der Waals surface area contributed by atoms with Gasteiger partial charge in [0.05, 0.1) is 24.1 Å². The number of nitrogens with zero attached hydrogens (tertiary/aromatic N) is 3. The molecule has 1 aromatic carbocycles. The maximum absolute atomic E-state index is 16.3. The number of aliphatic hydroxyl groups is 2. The van der Waals surface area contributed by atoms with E-state index in [4.69, 9.17) is 14.2 Å². The number of hydrogen-bond donors (Lipinski definition) is 2. The van der Waals surface area contributed by atoms with Crippen molar-refractivity contribution in [2.75, 3.05) is 38.3 Å². The highest BCUT2D eigenvalue weighted by Crippen LogP contribution is 2.67. The van der Waals surface area contributed by atoms with Crippen LogP contribution in [0.1, 0.15) is 116 Å². The number of aromatic nitrogens is 1. The van der Waals surface area contributed by atoms with Crippen LogP contribution in [0.2, 0.25) is 0 Å². The van der Waals surface area contributed by atoms with Gasteiger partial charge in [-0.3, -0.25) is 14.4 Å². The van der Waals surface area contributed by atoms with Gasteiger partial charge in [0.1, 0.15) is 22.5 Å². The van der Waals surface area contributed by atoms with Gasteiger partial charge in [0.15, 0.2) is 24.0 Å². The first-order chi connectivity index (χ1) is 27.7. The zero-order valence-corrected chi connectivity index (χ0v) is 35.3. The average Bonchev–Trinajstić information content (AvgIpc) is 3.97. The van der Waals surface area contributed by atoms with Gasteiger partial charge in [-0.1, -0.05) is 19.4 Å². The minimum Gasteiger partial charge on any atom is -0.492 e. The lowest BCUT2D eigenvalue weighted by molar-refractivity contribution is -0.182. The number of Topliss-reactive ketones (excluding diaryl/α,β-unsaturated/α-hetero) is 1. The molecule has 0 radical (unpaired) electrons. The molecule has 59 heavy (non-hydrogen) atoms. The van der Waals surface area contributed by atoms with E-state index in [0.29, 0.717) is 24.8 Å². The third-order valence-corrected chi connectivity index (χ3v) is 15.0. The van der Waals surface area contributed by atoms with E-state index in [-0.39, 0.29) is 95.9 Å². The van der Waals surface area contributed by atoms with Crippen molar-refractivity contribution in [3.63, 3.8) is 0 Å². The minimum absolute atomic E-state index is 0.0464. The molecule has 1 aromatic heterocycles. The number of amides is 1. The van der Waals surface area contributed by atoms with E-state index in [1.54, 1.807) is 41.2 Å². The standard InChI is InChI=1S/C45H58FN3O10/c1-24-21-47(16-17-48(24)41(55)59-42(2,3)4)37-32(46)19-29-36(39(37)57-7)49(26-9-10-26)22-30(38(29)53)40(54)58-23-34(52)45(56)15-13-31-28-11-8-25-18-27(50)12-14-43(25,5)35(28)33(51)20-44(31,45)6/h18-19,22,24,26,28,31,33,35,51,56H,8-17,20-21,23H2,1-7H3/t24?,28-,31-,33-,35+,43-,44-,45-/m0/s1. The number of aliphatic hydroxyl groups excluding tert-OH is 1. The molecule has 320 valence electrons. The lowest BCUT2D eigenvalue weighted by atomic mass is 9.45. The number of hydrogen-bond acceptors (Lipinski definition) is 11. The normalized spacial score (nSPS) is 33.2. The zero-order valence-electron chi connectivity index (χ0n) is 35.3. The molecule has 14 heteroatoms. The summed E-state index contributed by atoms with van der Waals surface area (Å²) in [5.41, 5.74) is -3.42. The number of fused-ring (bicyclic) bond motifs is 6. The summed E-state index contributed by atoms with van der Waals surface area (Å²) in [6, 6.07) is 0.688. The number of ether oxygens (including phenoxy) is 3. The number of piperazine rings is 1. The number of pyridine rings is 1. The summed E-state index contributed by atoms with van der Waals surface area (Å²) in [6.45, 7) is 11.3. The van der Waals surface area contributed by atoms with E-state index < -0.39 is 58.4 Å². The second-order valence-corrected chi connectivity index (χ2v) is 19.6. The highest BCUT2D eigenvalue weighted by molar-refractivity contribution is 5.99. The van der Waals surface area contributed by atoms with Gasteiger partial charge in [-0.2, -0.15) is 0 Å². The number of carbonyl (C=O) groups excluding carboxylic acids is 4. The van der Waals surface area contributed by atoms with Crippen LogP contribution < -0.4 is 15.1 Å². The molecule has 8 atom stereocenters. The SMILES string of the molecule is COc1c(N2CCN(C(=O)OC(C)(C)C)C(C)C2)c(F)cc2c(=O)c(C(=O)OCC(=O)[C@@]3(O)CC[C@H]4[C@@H]5CCC6=CC(=O)CC[C@]6(C)[C@H]5[C@@H](O)C[C@@]43C)cn(C3CC3)c12. The smallest absolute Gasteiger partial charge is 0.410 e. The molecule has 0 bridgehead atoms. The summed E-state index contributed by atoms with van der Waals surface area (Å²) in [7, 11) is 1.40. The Bertz CT molecular complexity index is 2210. The molecule has 13 nitrogen and oxygen atoms in total. The van der Waals surface area contributed by atoms with Crippen molar-refractivity contribution in [2.24, 2.45) is 28.6 Å². The Balaban J connectivity index is 1.03. The molecule has 6 aliphatic rings. The van der Waals surface area contributed by atoms with Crippen LogP contribution >= 0.6 is 0 Å². The van der Waals surface area contributed by atoms with Crippen molar-refractivity contribution < 1.29 is 48.0 Å². The molecule has 0 spiro atoms. The van der Waals surface area contributed by atoms with Gasteiger partial charge < -0.3 is 38.8 Å². The molecule has 2 aromatic rings. The first kappa shape index (κ1) is 41.4. The van der Waals surface area contributed by atoms with Crippen molar-refractivity contribution in [2.45, 2.75) is 129 Å². The number of benzene rings is 1. The van der Waals surface area contributed by atoms with Gasteiger partial charge in [0.25, 0.3) is 0 Å². The van der Waals surface area contributed by atoms with Gasteiger partial charge in [-0.25, -0.2) is 14.0 Å². The summed E-state index contributed by atoms with van der Waals surface area (Å²) in [4.78, 5) is 70.5.